The van der Waals surface area contributed by atoms with Gasteiger partial charge in [0.25, 0.3) is 0 Å². The van der Waals surface area contributed by atoms with Gasteiger partial charge in [0.15, 0.2) is 0 Å². The van der Waals surface area contributed by atoms with Gasteiger partial charge in [-0.25, -0.2) is 4.79 Å². The number of nitrogens with one attached hydrogen (secondary N) is 1. The number of amides is 2. The Morgan fingerprint density at radius 2 is 2.04 bits per heavy atom. The third-order valence-electron chi connectivity index (χ3n) is 4.43. The summed E-state index contributed by atoms with van der Waals surface area (Å²) in [5.41, 5.74) is 0. The summed E-state index contributed by atoms with van der Waals surface area (Å²) in [7, 11) is 0. The summed E-state index contributed by atoms with van der Waals surface area (Å²) >= 11 is 0. The summed E-state index contributed by atoms with van der Waals surface area (Å²) < 4.78 is 43.8. The third-order valence-corrected chi connectivity index (χ3v) is 4.43. The van der Waals surface area contributed by atoms with E-state index in [1.807, 2.05) is 0 Å². The molecule has 0 aromatic carbocycles. The van der Waals surface area contributed by atoms with Crippen LogP contribution in [0.25, 0.3) is 0 Å². The molecule has 2 fully saturated rings. The van der Waals surface area contributed by atoms with E-state index in [0.717, 1.165) is 30.8 Å². The van der Waals surface area contributed by atoms with Gasteiger partial charge in [0.2, 0.25) is 0 Å². The average Bonchev–Trinajstić information content (AvgIpc) is 3.11. The van der Waals surface area contributed by atoms with Crippen LogP contribution >= 0.6 is 0 Å². The number of hydrogen-bond donors (Lipinski definition) is 2. The van der Waals surface area contributed by atoms with E-state index in [-0.39, 0.29) is 0 Å². The van der Waals surface area contributed by atoms with Crippen LogP contribution in [0.1, 0.15) is 19.3 Å². The number of aliphatic carboxylic acids is 1. The number of carboxylic acids is 1. The lowest BCUT2D eigenvalue weighted by molar-refractivity contribution is -0.187. The molecule has 0 aromatic rings. The van der Waals surface area contributed by atoms with Gasteiger partial charge in [0, 0.05) is 32.8 Å². The van der Waals surface area contributed by atoms with Gasteiger partial charge in [-0.1, -0.05) is 0 Å². The molecule has 2 heterocycles. The summed E-state index contributed by atoms with van der Waals surface area (Å²) in [6.45, 7) is 0.804. The summed E-state index contributed by atoms with van der Waals surface area (Å²) in [4.78, 5) is 23.8. The number of likely N-dealkylation sites (tertiary alicyclic amines) is 1. The van der Waals surface area contributed by atoms with Crippen molar-refractivity contribution in [2.24, 2.45) is 17.8 Å². The van der Waals surface area contributed by atoms with E-state index in [0.29, 0.717) is 19.1 Å². The Morgan fingerprint density at radius 1 is 1.30 bits per heavy atom. The Balaban J connectivity index is 1.77. The van der Waals surface area contributed by atoms with Gasteiger partial charge in [-0.3, -0.25) is 4.79 Å². The predicted octanol–water partition coefficient (Wildman–Crippen LogP) is 1.71. The van der Waals surface area contributed by atoms with Crippen LogP contribution in [0.4, 0.5) is 18.0 Å². The Bertz CT molecular complexity index is 438. The Morgan fingerprint density at radius 3 is 2.57 bits per heavy atom. The van der Waals surface area contributed by atoms with Crippen LogP contribution in [0.3, 0.4) is 0 Å². The third kappa shape index (κ3) is 4.73. The molecular weight excluding hydrogens is 317 g/mol. The molecule has 2 amide bonds. The maximum absolute atomic E-state index is 12.9. The summed E-state index contributed by atoms with van der Waals surface area (Å²) in [5.74, 6) is -4.66. The monoisotopic (exact) mass is 338 g/mol. The SMILES string of the molecule is O=C(O)[C@@H]1CN(C(=O)NCCCC2CCOC2)C[C@H]1C(F)(F)F. The molecule has 2 saturated heterocycles. The lowest BCUT2D eigenvalue weighted by Gasteiger charge is -2.19. The fourth-order valence-electron chi connectivity index (χ4n) is 3.06. The molecule has 2 N–H and O–H groups in total. The quantitative estimate of drug-likeness (QED) is 0.748. The van der Waals surface area contributed by atoms with Crippen molar-refractivity contribution in [3.05, 3.63) is 0 Å². The van der Waals surface area contributed by atoms with Gasteiger partial charge in [0.05, 0.1) is 11.8 Å². The number of rotatable bonds is 5. The van der Waals surface area contributed by atoms with E-state index in [1.54, 1.807) is 0 Å². The zero-order chi connectivity index (χ0) is 17.0. The molecule has 1 unspecified atom stereocenters. The molecule has 2 rings (SSSR count). The Kier molecular flexibility index (Phi) is 5.72. The lowest BCUT2D eigenvalue weighted by atomic mass is 9.96. The second-order valence-electron chi connectivity index (χ2n) is 6.10. The van der Waals surface area contributed by atoms with Crippen LogP contribution in [0.5, 0.6) is 0 Å². The van der Waals surface area contributed by atoms with E-state index in [1.165, 1.54) is 0 Å². The van der Waals surface area contributed by atoms with Crippen molar-refractivity contribution in [3.63, 3.8) is 0 Å². The maximum atomic E-state index is 12.9. The highest BCUT2D eigenvalue weighted by molar-refractivity contribution is 5.77. The van der Waals surface area contributed by atoms with Gasteiger partial charge >= 0.3 is 18.2 Å². The van der Waals surface area contributed by atoms with Crippen molar-refractivity contribution in [3.8, 4) is 0 Å². The molecule has 132 valence electrons. The minimum Gasteiger partial charge on any atom is -0.481 e. The molecule has 2 aliphatic rings. The molecule has 0 spiro atoms. The van der Waals surface area contributed by atoms with Crippen molar-refractivity contribution >= 4 is 12.0 Å². The first-order chi connectivity index (χ1) is 10.8. The Hall–Kier alpha value is -1.51. The largest absolute Gasteiger partial charge is 0.481 e. The molecule has 0 bridgehead atoms. The normalized spacial score (nSPS) is 28.1. The second-order valence-corrected chi connectivity index (χ2v) is 6.10. The van der Waals surface area contributed by atoms with Crippen molar-refractivity contribution in [1.29, 1.82) is 0 Å². The number of carbonyl (C=O) groups is 2. The number of ether oxygens (including phenoxy) is 1. The highest BCUT2D eigenvalue weighted by Gasteiger charge is 2.53. The van der Waals surface area contributed by atoms with Crippen molar-refractivity contribution < 1.29 is 32.6 Å². The van der Waals surface area contributed by atoms with Gasteiger partial charge in [0.1, 0.15) is 0 Å². The first kappa shape index (κ1) is 17.8. The second kappa shape index (κ2) is 7.37. The lowest BCUT2D eigenvalue weighted by Crippen LogP contribution is -2.40. The Labute approximate surface area is 132 Å². The molecule has 0 aromatic heterocycles. The summed E-state index contributed by atoms with van der Waals surface area (Å²) in [5, 5.41) is 11.5. The van der Waals surface area contributed by atoms with Crippen molar-refractivity contribution in [2.45, 2.75) is 25.4 Å². The van der Waals surface area contributed by atoms with Crippen LogP contribution in [0.2, 0.25) is 0 Å². The maximum Gasteiger partial charge on any atom is 0.394 e. The average molecular weight is 338 g/mol. The smallest absolute Gasteiger partial charge is 0.394 e. The van der Waals surface area contributed by atoms with Crippen molar-refractivity contribution in [1.82, 2.24) is 10.2 Å². The number of alkyl halides is 3. The van der Waals surface area contributed by atoms with E-state index >= 15 is 0 Å². The number of halogens is 3. The standard InChI is InChI=1S/C14H21F3N2O4/c15-14(16,17)11-7-19(6-10(11)12(20)21)13(22)18-4-1-2-9-3-5-23-8-9/h9-11H,1-8H2,(H,18,22)(H,20,21)/t9?,10-,11-/m1/s1. The van der Waals surface area contributed by atoms with Crippen LogP contribution in [-0.2, 0) is 9.53 Å². The zero-order valence-electron chi connectivity index (χ0n) is 12.6. The molecule has 9 heteroatoms. The zero-order valence-corrected chi connectivity index (χ0v) is 12.6. The molecule has 0 saturated carbocycles. The van der Waals surface area contributed by atoms with Crippen LogP contribution in [-0.4, -0.2) is 61.0 Å². The predicted molar refractivity (Wildman–Crippen MR) is 73.8 cm³/mol. The van der Waals surface area contributed by atoms with E-state index in [4.69, 9.17) is 9.84 Å². The van der Waals surface area contributed by atoms with Crippen LogP contribution < -0.4 is 5.32 Å². The van der Waals surface area contributed by atoms with Gasteiger partial charge < -0.3 is 20.1 Å². The van der Waals surface area contributed by atoms with Gasteiger partial charge in [-0.15, -0.1) is 0 Å². The highest BCUT2D eigenvalue weighted by atomic mass is 19.4. The summed E-state index contributed by atoms with van der Waals surface area (Å²) in [6.07, 6.45) is -2.02. The van der Waals surface area contributed by atoms with Gasteiger partial charge in [-0.05, 0) is 25.2 Å². The van der Waals surface area contributed by atoms with E-state index in [2.05, 4.69) is 5.32 Å². The minimum absolute atomic E-state index is 0.361. The number of carboxylic acid groups (broad SMARTS) is 1. The number of hydrogen-bond acceptors (Lipinski definition) is 3. The number of urea groups is 1. The number of carbonyl (C=O) groups excluding carboxylic acids is 1. The molecular formula is C14H21F3N2O4. The molecule has 0 aliphatic carbocycles. The fraction of sp³-hybridized carbons (Fsp3) is 0.857. The highest BCUT2D eigenvalue weighted by Crippen LogP contribution is 2.37. The summed E-state index contributed by atoms with van der Waals surface area (Å²) in [6, 6.07) is -0.634. The first-order valence-electron chi connectivity index (χ1n) is 7.69. The van der Waals surface area contributed by atoms with E-state index < -0.39 is 43.1 Å². The molecule has 23 heavy (non-hydrogen) atoms. The van der Waals surface area contributed by atoms with Crippen LogP contribution in [0, 0.1) is 17.8 Å². The molecule has 3 atom stereocenters. The topological polar surface area (TPSA) is 78.9 Å². The molecule has 2 aliphatic heterocycles. The minimum atomic E-state index is -4.62. The molecule has 6 nitrogen and oxygen atoms in total. The first-order valence-corrected chi connectivity index (χ1v) is 7.69. The fourth-order valence-corrected chi connectivity index (χ4v) is 3.06. The van der Waals surface area contributed by atoms with Crippen LogP contribution in [0.15, 0.2) is 0 Å². The number of nitrogens with zero attached hydrogens (tertiary/aromatic N) is 1. The van der Waals surface area contributed by atoms with Crippen molar-refractivity contribution in [2.75, 3.05) is 32.8 Å². The van der Waals surface area contributed by atoms with Gasteiger partial charge in [-0.2, -0.15) is 13.2 Å². The molecule has 0 radical (unpaired) electrons. The van der Waals surface area contributed by atoms with E-state index in [9.17, 15) is 22.8 Å².